The molecule has 0 bridgehead atoms. The number of aliphatic imine (C=N–C) groups is 1. The van der Waals surface area contributed by atoms with E-state index in [0.717, 1.165) is 33.8 Å². The predicted octanol–water partition coefficient (Wildman–Crippen LogP) is 6.42. The summed E-state index contributed by atoms with van der Waals surface area (Å²) in [6, 6.07) is 22.6. The second-order valence-electron chi connectivity index (χ2n) is 8.25. The Balaban J connectivity index is 1.59. The zero-order valence-corrected chi connectivity index (χ0v) is 22.7. The smallest absolute Gasteiger partial charge is 0.251 e. The van der Waals surface area contributed by atoms with E-state index < -0.39 is 0 Å². The number of amidine groups is 1. The number of hydrogen-bond acceptors (Lipinski definition) is 5. The molecular formula is C28H26Cl2N6O2. The minimum atomic E-state index is -0.221. The third kappa shape index (κ3) is 6.45. The number of nitrogens with zero attached hydrogens (tertiary/aromatic N) is 5. The van der Waals surface area contributed by atoms with Crippen LogP contribution in [0.25, 0.3) is 22.5 Å². The van der Waals surface area contributed by atoms with E-state index in [-0.39, 0.29) is 12.5 Å². The van der Waals surface area contributed by atoms with Crippen LogP contribution in [-0.4, -0.2) is 49.3 Å². The number of rotatable bonds is 8. The highest BCUT2D eigenvalue weighted by Crippen LogP contribution is 2.32. The lowest BCUT2D eigenvalue weighted by atomic mass is 10.1. The van der Waals surface area contributed by atoms with Gasteiger partial charge in [0.2, 0.25) is 0 Å². The summed E-state index contributed by atoms with van der Waals surface area (Å²) in [5.41, 5.74) is 5.04. The minimum Gasteiger partial charge on any atom is -0.497 e. The predicted molar refractivity (Wildman–Crippen MR) is 152 cm³/mol. The number of amides is 1. The van der Waals surface area contributed by atoms with Crippen LogP contribution in [0, 0.1) is 0 Å². The zero-order chi connectivity index (χ0) is 27.1. The van der Waals surface area contributed by atoms with E-state index in [1.165, 1.54) is 0 Å². The Morgan fingerprint density at radius 2 is 1.66 bits per heavy atom. The largest absolute Gasteiger partial charge is 0.497 e. The molecule has 4 rings (SSSR count). The number of aromatic nitrogens is 2. The number of nitrogens with one attached hydrogen (secondary N) is 1. The maximum absolute atomic E-state index is 12.6. The van der Waals surface area contributed by atoms with E-state index in [0.29, 0.717) is 28.0 Å². The number of hydrogen-bond donors (Lipinski definition) is 1. The second kappa shape index (κ2) is 12.5. The van der Waals surface area contributed by atoms with Crippen LogP contribution in [0.2, 0.25) is 10.0 Å². The molecule has 0 atom stereocenters. The van der Waals surface area contributed by atoms with Gasteiger partial charge in [-0.1, -0.05) is 41.4 Å². The Labute approximate surface area is 231 Å². The van der Waals surface area contributed by atoms with Crippen molar-refractivity contribution < 1.29 is 9.53 Å². The summed E-state index contributed by atoms with van der Waals surface area (Å²) in [6.45, 7) is 0.681. The molecule has 3 aromatic carbocycles. The normalized spacial score (nSPS) is 11.7. The first-order chi connectivity index (χ1) is 18.4. The number of methoxy groups -OCH3 is 1. The summed E-state index contributed by atoms with van der Waals surface area (Å²) in [5.74, 6) is 0.995. The van der Waals surface area contributed by atoms with Crippen LogP contribution in [-0.2, 0) is 6.54 Å². The Kier molecular flexibility index (Phi) is 8.89. The first-order valence-electron chi connectivity index (χ1n) is 11.7. The molecule has 0 unspecified atom stereocenters. The van der Waals surface area contributed by atoms with E-state index >= 15 is 0 Å². The maximum atomic E-state index is 12.6. The topological polar surface area (TPSA) is 93.2 Å². The molecule has 0 saturated heterocycles. The molecule has 1 heterocycles. The van der Waals surface area contributed by atoms with Gasteiger partial charge in [0.05, 0.1) is 41.6 Å². The van der Waals surface area contributed by atoms with Crippen molar-refractivity contribution in [2.75, 3.05) is 27.7 Å². The summed E-state index contributed by atoms with van der Waals surface area (Å²) in [7, 11) is 4.79. The van der Waals surface area contributed by atoms with Crippen LogP contribution >= 0.6 is 23.2 Å². The van der Waals surface area contributed by atoms with Crippen molar-refractivity contribution in [3.05, 3.63) is 94.0 Å². The van der Waals surface area contributed by atoms with E-state index in [1.807, 2.05) is 59.3 Å². The molecule has 38 heavy (non-hydrogen) atoms. The average Bonchev–Trinajstić information content (AvgIpc) is 3.36. The van der Waals surface area contributed by atoms with Crippen molar-refractivity contribution in [3.8, 4) is 28.3 Å². The standard InChI is InChI=1S/C28H26Cl2N6O2/c1-31-27(34-32-2)16-33-28(37)20-6-4-18(5-7-20)17-36-26(21-10-13-23(29)24(30)14-21)15-25(35-36)19-8-11-22(38-3)12-9-19/h4-15H,16-17H2,1-3H3,(H,33,37). The quantitative estimate of drug-likeness (QED) is 0.156. The molecule has 10 heteroatoms. The lowest BCUT2D eigenvalue weighted by Gasteiger charge is -2.10. The van der Waals surface area contributed by atoms with Crippen molar-refractivity contribution in [1.82, 2.24) is 15.1 Å². The SMILES string of the molecule is CN=NC(CNC(=O)c1ccc(Cn2nc(-c3ccc(OC)cc3)cc2-c2ccc(Cl)c(Cl)c2)cc1)=NC. The van der Waals surface area contributed by atoms with E-state index in [9.17, 15) is 4.79 Å². The Bertz CT molecular complexity index is 1480. The van der Waals surface area contributed by atoms with Gasteiger partial charge >= 0.3 is 0 Å². The first kappa shape index (κ1) is 27.0. The summed E-state index contributed by atoms with van der Waals surface area (Å²) >= 11 is 12.5. The third-order valence-corrected chi connectivity index (χ3v) is 6.55. The van der Waals surface area contributed by atoms with Crippen LogP contribution in [0.4, 0.5) is 0 Å². The van der Waals surface area contributed by atoms with Gasteiger partial charge in [-0.3, -0.25) is 14.5 Å². The van der Waals surface area contributed by atoms with Gasteiger partial charge in [0, 0.05) is 30.8 Å². The number of benzene rings is 3. The molecule has 1 amide bonds. The van der Waals surface area contributed by atoms with Crippen molar-refractivity contribution in [2.45, 2.75) is 6.54 Å². The number of azo groups is 1. The van der Waals surface area contributed by atoms with Gasteiger partial charge < -0.3 is 10.1 Å². The van der Waals surface area contributed by atoms with Crippen LogP contribution in [0.15, 0.2) is 88.0 Å². The van der Waals surface area contributed by atoms with Gasteiger partial charge in [-0.15, -0.1) is 5.11 Å². The number of carbonyl (C=O) groups excluding carboxylic acids is 1. The van der Waals surface area contributed by atoms with Crippen LogP contribution in [0.3, 0.4) is 0 Å². The van der Waals surface area contributed by atoms with E-state index in [4.69, 9.17) is 33.0 Å². The molecule has 194 valence electrons. The van der Waals surface area contributed by atoms with Crippen molar-refractivity contribution >= 4 is 34.9 Å². The zero-order valence-electron chi connectivity index (χ0n) is 21.2. The molecule has 4 aromatic rings. The molecule has 8 nitrogen and oxygen atoms in total. The average molecular weight is 549 g/mol. The summed E-state index contributed by atoms with van der Waals surface area (Å²) < 4.78 is 7.19. The second-order valence-corrected chi connectivity index (χ2v) is 9.06. The molecule has 0 aliphatic carbocycles. The van der Waals surface area contributed by atoms with Crippen molar-refractivity contribution in [2.24, 2.45) is 15.2 Å². The fourth-order valence-corrected chi connectivity index (χ4v) is 4.10. The summed E-state index contributed by atoms with van der Waals surface area (Å²) in [6.07, 6.45) is 0. The highest BCUT2D eigenvalue weighted by atomic mass is 35.5. The van der Waals surface area contributed by atoms with Crippen LogP contribution in [0.5, 0.6) is 5.75 Å². The molecule has 0 fully saturated rings. The van der Waals surface area contributed by atoms with Crippen LogP contribution in [0.1, 0.15) is 15.9 Å². The lowest BCUT2D eigenvalue weighted by molar-refractivity contribution is 0.0959. The Morgan fingerprint density at radius 1 is 0.947 bits per heavy atom. The van der Waals surface area contributed by atoms with Gasteiger partial charge in [-0.05, 0) is 60.2 Å². The fraction of sp³-hybridized carbons (Fsp3) is 0.179. The van der Waals surface area contributed by atoms with Crippen molar-refractivity contribution in [1.29, 1.82) is 0 Å². The lowest BCUT2D eigenvalue weighted by Crippen LogP contribution is -2.28. The summed E-state index contributed by atoms with van der Waals surface area (Å²) in [5, 5.41) is 16.2. The molecule has 0 aliphatic heterocycles. The molecule has 1 N–H and O–H groups in total. The fourth-order valence-electron chi connectivity index (χ4n) is 3.80. The highest BCUT2D eigenvalue weighted by Gasteiger charge is 2.14. The molecule has 0 radical (unpaired) electrons. The molecule has 0 saturated carbocycles. The molecular weight excluding hydrogens is 523 g/mol. The number of carbonyl (C=O) groups is 1. The molecule has 0 aliphatic rings. The van der Waals surface area contributed by atoms with E-state index in [1.54, 1.807) is 39.4 Å². The Morgan fingerprint density at radius 3 is 2.29 bits per heavy atom. The Hall–Kier alpha value is -4.01. The maximum Gasteiger partial charge on any atom is 0.251 e. The van der Waals surface area contributed by atoms with E-state index in [2.05, 4.69) is 20.5 Å². The van der Waals surface area contributed by atoms with Gasteiger partial charge in [0.15, 0.2) is 5.84 Å². The monoisotopic (exact) mass is 548 g/mol. The minimum absolute atomic E-state index is 0.197. The van der Waals surface area contributed by atoms with Crippen molar-refractivity contribution in [3.63, 3.8) is 0 Å². The van der Waals surface area contributed by atoms with Gasteiger partial charge in [0.1, 0.15) is 5.75 Å². The first-order valence-corrected chi connectivity index (χ1v) is 12.5. The van der Waals surface area contributed by atoms with Crippen LogP contribution < -0.4 is 10.1 Å². The van der Waals surface area contributed by atoms with Gasteiger partial charge in [0.25, 0.3) is 5.91 Å². The van der Waals surface area contributed by atoms with Gasteiger partial charge in [-0.2, -0.15) is 10.2 Å². The third-order valence-electron chi connectivity index (χ3n) is 5.81. The summed E-state index contributed by atoms with van der Waals surface area (Å²) in [4.78, 5) is 16.5. The number of halogens is 2. The molecule has 0 spiro atoms. The number of ether oxygens (including phenoxy) is 1. The molecule has 1 aromatic heterocycles. The van der Waals surface area contributed by atoms with Gasteiger partial charge in [-0.25, -0.2) is 0 Å². The highest BCUT2D eigenvalue weighted by molar-refractivity contribution is 6.42.